The van der Waals surface area contributed by atoms with Gasteiger partial charge in [-0.1, -0.05) is 39.0 Å². The Labute approximate surface area is 343 Å². The molecule has 6 N–H and O–H groups in total. The molecule has 0 aromatic heterocycles. The van der Waals surface area contributed by atoms with Gasteiger partial charge in [0.15, 0.2) is 5.75 Å². The van der Waals surface area contributed by atoms with E-state index in [4.69, 9.17) is 23.7 Å². The highest BCUT2D eigenvalue weighted by molar-refractivity contribution is 6.23. The molecule has 59 heavy (non-hydrogen) atoms. The van der Waals surface area contributed by atoms with Crippen LogP contribution in [0.3, 0.4) is 0 Å². The first-order valence-corrected chi connectivity index (χ1v) is 19.4. The number of aliphatic hydroxyl groups is 2. The third-order valence-electron chi connectivity index (χ3n) is 11.4. The first kappa shape index (κ1) is 44.9. The fourth-order valence-electron chi connectivity index (χ4n) is 7.62. The van der Waals surface area contributed by atoms with E-state index in [0.29, 0.717) is 26.2 Å². The van der Waals surface area contributed by atoms with Crippen molar-refractivity contribution < 1.29 is 63.6 Å². The third-order valence-corrected chi connectivity index (χ3v) is 11.4. The number of nitrogens with one attached hydrogen (secondary N) is 1. The molecule has 9 atom stereocenters. The van der Waals surface area contributed by atoms with Crippen LogP contribution in [0.5, 0.6) is 23.0 Å². The summed E-state index contributed by atoms with van der Waals surface area (Å²) in [6.07, 6.45) is 3.05. The highest BCUT2D eigenvalue weighted by Crippen LogP contribution is 2.53. The molecule has 17 nitrogen and oxygen atoms in total. The Balaban J connectivity index is 1.69. The molecule has 1 amide bonds. The van der Waals surface area contributed by atoms with Crippen LogP contribution in [0.2, 0.25) is 0 Å². The molecule has 5 bridgehead atoms. The van der Waals surface area contributed by atoms with Crippen LogP contribution in [0, 0.1) is 17.8 Å². The number of carbonyl (C=O) groups is 3. The van der Waals surface area contributed by atoms with Gasteiger partial charge in [-0.15, -0.1) is 0 Å². The first-order chi connectivity index (χ1) is 27.8. The number of ether oxygens (including phenoxy) is 5. The van der Waals surface area contributed by atoms with E-state index in [-0.39, 0.29) is 38.9 Å². The number of likely N-dealkylation sites (N-methyl/N-ethyl adjacent to an activating group) is 1. The molecular weight excluding hydrogens is 768 g/mol. The number of esters is 1. The minimum Gasteiger partial charge on any atom is -0.507 e. The zero-order valence-electron chi connectivity index (χ0n) is 34.8. The van der Waals surface area contributed by atoms with Crippen molar-refractivity contribution in [2.45, 2.75) is 77.8 Å². The lowest BCUT2D eigenvalue weighted by molar-refractivity contribution is -0.173. The number of rotatable bonds is 5. The minimum atomic E-state index is -2.08. The van der Waals surface area contributed by atoms with Gasteiger partial charge in [-0.3, -0.25) is 19.4 Å². The van der Waals surface area contributed by atoms with Crippen molar-refractivity contribution in [2.24, 2.45) is 22.9 Å². The number of phenols is 3. The predicted molar refractivity (Wildman–Crippen MR) is 217 cm³/mol. The molecule has 0 radical (unpaired) electrons. The molecule has 1 fully saturated rings. The Morgan fingerprint density at radius 3 is 2.27 bits per heavy atom. The van der Waals surface area contributed by atoms with Gasteiger partial charge in [-0.05, 0) is 20.0 Å². The number of nitrogens with zero attached hydrogens (tertiary/aromatic N) is 3. The molecule has 322 valence electrons. The Kier molecular flexibility index (Phi) is 14.0. The largest absolute Gasteiger partial charge is 0.507 e. The number of hydrogen-bond acceptors (Lipinski definition) is 16. The summed E-state index contributed by atoms with van der Waals surface area (Å²) in [5.74, 6) is -8.27. The van der Waals surface area contributed by atoms with Crippen molar-refractivity contribution in [1.82, 2.24) is 9.91 Å². The Morgan fingerprint density at radius 2 is 1.64 bits per heavy atom. The molecule has 1 saturated heterocycles. The van der Waals surface area contributed by atoms with E-state index in [1.165, 1.54) is 53.4 Å². The molecule has 4 aliphatic heterocycles. The molecule has 4 aliphatic rings. The van der Waals surface area contributed by atoms with E-state index in [1.54, 1.807) is 37.9 Å². The number of fused-ring (bicyclic) bond motifs is 14. The number of aromatic hydroxyl groups is 3. The van der Waals surface area contributed by atoms with Crippen LogP contribution in [0.25, 0.3) is 10.8 Å². The van der Waals surface area contributed by atoms with Gasteiger partial charge in [0.05, 0.1) is 46.9 Å². The Morgan fingerprint density at radius 1 is 0.966 bits per heavy atom. The van der Waals surface area contributed by atoms with Crippen molar-refractivity contribution in [3.05, 3.63) is 53.3 Å². The Bertz CT molecular complexity index is 2040. The van der Waals surface area contributed by atoms with Gasteiger partial charge in [0, 0.05) is 89.0 Å². The summed E-state index contributed by atoms with van der Waals surface area (Å²) in [5, 5.41) is 66.3. The molecule has 2 aromatic carbocycles. The summed E-state index contributed by atoms with van der Waals surface area (Å²) in [6.45, 7) is 11.6. The standard InChI is InChI=1S/C42H56N4O13/c1-21-11-10-12-22(2)41(54)44-33-26(20-43-46-16-14-45(7)15-17-46)36(51)32-30(37(33)52)27(48)19-29-31(32)40(53)42(6,59-29)57-18-13-28(55-8)39(56-9)38(58-25(5)47)24(4)35(50)23(3)34(21)49/h10-13,18-21,23-24,28,34-35,38-39,48-52H,14-17H2,1-9H3,(H,44,54)/b11-10-,18-13?,22-12-,43-20+/t21-,23+,24+,28-,34?,35+,38-,39+,42-/m0/s1. The number of hydrogen-bond donors (Lipinski definition) is 6. The number of methoxy groups -OCH3 is 2. The molecule has 0 spiro atoms. The first-order valence-electron chi connectivity index (χ1n) is 19.4. The number of carbonyl (C=O) groups excluding carboxylic acids is 3. The van der Waals surface area contributed by atoms with Crippen molar-refractivity contribution in [3.63, 3.8) is 0 Å². The van der Waals surface area contributed by atoms with E-state index in [0.717, 1.165) is 12.3 Å². The topological polar surface area (TPSA) is 229 Å². The summed E-state index contributed by atoms with van der Waals surface area (Å²) in [6, 6.07) is 1.10. The number of anilines is 1. The van der Waals surface area contributed by atoms with Crippen LogP contribution in [0.1, 0.15) is 57.5 Å². The number of piperazine rings is 1. The summed E-state index contributed by atoms with van der Waals surface area (Å²) in [7, 11) is 4.72. The number of phenolic OH excluding ortho intramolecular Hbond substituents is 3. The summed E-state index contributed by atoms with van der Waals surface area (Å²) < 4.78 is 29.1. The minimum absolute atomic E-state index is 0.149. The number of allylic oxidation sites excluding steroid dienone is 2. The van der Waals surface area contributed by atoms with Crippen molar-refractivity contribution in [3.8, 4) is 23.0 Å². The van der Waals surface area contributed by atoms with Gasteiger partial charge in [-0.25, -0.2) is 0 Å². The van der Waals surface area contributed by atoms with Crippen molar-refractivity contribution >= 4 is 40.3 Å². The summed E-state index contributed by atoms with van der Waals surface area (Å²) in [4.78, 5) is 42.5. The van der Waals surface area contributed by atoms with E-state index in [1.807, 2.05) is 7.05 Å². The second-order valence-electron chi connectivity index (χ2n) is 15.6. The van der Waals surface area contributed by atoms with Gasteiger partial charge in [-0.2, -0.15) is 5.10 Å². The SMILES string of the molecule is CO[C@H]1[C@@H](OC(C)=O)[C@H](C)[C@H](O)[C@H](C)C(O)[C@@H](C)/C=C\C=C(\C)C(=O)Nc2c(/C=N/N3CCN(C)CC3)c(O)c3c4c(cc(O)c3c2O)O[C@](C)(OC=C[C@@H]1OC)C4=O. The zero-order valence-corrected chi connectivity index (χ0v) is 34.8. The molecule has 4 heterocycles. The van der Waals surface area contributed by atoms with Gasteiger partial charge in [0.2, 0.25) is 0 Å². The maximum atomic E-state index is 14.3. The smallest absolute Gasteiger partial charge is 0.312 e. The average Bonchev–Trinajstić information content (AvgIpc) is 3.44. The molecule has 17 heteroatoms. The quantitative estimate of drug-likeness (QED) is 0.110. The van der Waals surface area contributed by atoms with Crippen LogP contribution >= 0.6 is 0 Å². The third kappa shape index (κ3) is 9.18. The second-order valence-corrected chi connectivity index (χ2v) is 15.6. The fourth-order valence-corrected chi connectivity index (χ4v) is 7.62. The molecule has 6 rings (SSSR count). The molecule has 2 aromatic rings. The molecule has 0 aliphatic carbocycles. The second kappa shape index (κ2) is 18.4. The monoisotopic (exact) mass is 824 g/mol. The van der Waals surface area contributed by atoms with Crippen LogP contribution in [0.15, 0.2) is 47.3 Å². The summed E-state index contributed by atoms with van der Waals surface area (Å²) >= 11 is 0. The number of hydrazone groups is 1. The lowest BCUT2D eigenvalue weighted by Crippen LogP contribution is -2.50. The highest BCUT2D eigenvalue weighted by Gasteiger charge is 2.49. The number of aliphatic hydroxyl groups excluding tert-OH is 2. The van der Waals surface area contributed by atoms with E-state index in [2.05, 4.69) is 15.3 Å². The lowest BCUT2D eigenvalue weighted by Gasteiger charge is -2.38. The number of benzene rings is 2. The molecule has 0 saturated carbocycles. The lowest BCUT2D eigenvalue weighted by atomic mass is 9.80. The predicted octanol–water partition coefficient (Wildman–Crippen LogP) is 3.41. The molecule has 1 unspecified atom stereocenters. The van der Waals surface area contributed by atoms with Gasteiger partial charge < -0.3 is 59.4 Å². The zero-order chi connectivity index (χ0) is 43.5. The fraction of sp³-hybridized carbons (Fsp3) is 0.524. The van der Waals surface area contributed by atoms with Gasteiger partial charge in [0.1, 0.15) is 35.6 Å². The summed E-state index contributed by atoms with van der Waals surface area (Å²) in [5.41, 5.74) is -0.487. The van der Waals surface area contributed by atoms with Crippen LogP contribution in [-0.2, 0) is 28.5 Å². The van der Waals surface area contributed by atoms with E-state index in [9.17, 15) is 39.9 Å². The van der Waals surface area contributed by atoms with Crippen molar-refractivity contribution in [2.75, 3.05) is 52.8 Å². The van der Waals surface area contributed by atoms with Gasteiger partial charge >= 0.3 is 11.8 Å². The molecular formula is C42H56N4O13. The van der Waals surface area contributed by atoms with Crippen LogP contribution in [-0.4, -0.2) is 143 Å². The maximum absolute atomic E-state index is 14.3. The maximum Gasteiger partial charge on any atom is 0.312 e. The Hall–Kier alpha value is -5.20. The highest BCUT2D eigenvalue weighted by atomic mass is 16.7. The number of amides is 1. The van der Waals surface area contributed by atoms with Crippen LogP contribution < -0.4 is 10.1 Å². The normalized spacial score (nSPS) is 31.5. The number of Topliss-reactive ketones (excluding diaryl/α,β-unsaturated/α-hetero) is 1. The number of ketones is 1. The van der Waals surface area contributed by atoms with E-state index >= 15 is 0 Å². The van der Waals surface area contributed by atoms with E-state index < -0.39 is 89.0 Å². The average molecular weight is 825 g/mol. The van der Waals surface area contributed by atoms with Gasteiger partial charge in [0.25, 0.3) is 11.7 Å². The van der Waals surface area contributed by atoms with Crippen LogP contribution in [0.4, 0.5) is 5.69 Å². The van der Waals surface area contributed by atoms with Crippen molar-refractivity contribution in [1.29, 1.82) is 0 Å².